The second-order valence-corrected chi connectivity index (χ2v) is 6.79. The standard InChI is InChI=1S/C19H18N4O3S/c1-13-10-18(22(21-13)12-14-6-4-3-5-7-14)20-19(24)16-11-15(27-2)8-9-17(16)23(25)26/h3-11H,12H2,1-2H3,(H,20,24). The van der Waals surface area contributed by atoms with E-state index in [0.29, 0.717) is 12.4 Å². The summed E-state index contributed by atoms with van der Waals surface area (Å²) < 4.78 is 1.67. The van der Waals surface area contributed by atoms with Crippen molar-refractivity contribution in [3.63, 3.8) is 0 Å². The molecule has 2 aromatic carbocycles. The van der Waals surface area contributed by atoms with E-state index in [-0.39, 0.29) is 11.3 Å². The largest absolute Gasteiger partial charge is 0.307 e. The van der Waals surface area contributed by atoms with E-state index >= 15 is 0 Å². The number of nitrogens with zero attached hydrogens (tertiary/aromatic N) is 3. The van der Waals surface area contributed by atoms with Gasteiger partial charge in [0.2, 0.25) is 0 Å². The maximum atomic E-state index is 12.8. The lowest BCUT2D eigenvalue weighted by Crippen LogP contribution is -2.17. The van der Waals surface area contributed by atoms with E-state index in [4.69, 9.17) is 0 Å². The average molecular weight is 382 g/mol. The molecule has 0 aliphatic heterocycles. The highest BCUT2D eigenvalue weighted by molar-refractivity contribution is 7.98. The van der Waals surface area contributed by atoms with Gasteiger partial charge in [-0.15, -0.1) is 11.8 Å². The number of nitro groups is 1. The Bertz CT molecular complexity index is 986. The maximum absolute atomic E-state index is 12.8. The topological polar surface area (TPSA) is 90.1 Å². The number of rotatable bonds is 6. The molecule has 8 heteroatoms. The van der Waals surface area contributed by atoms with Crippen LogP contribution in [0.1, 0.15) is 21.6 Å². The third-order valence-corrected chi connectivity index (χ3v) is 4.69. The quantitative estimate of drug-likeness (QED) is 0.393. The van der Waals surface area contributed by atoms with Crippen LogP contribution in [-0.4, -0.2) is 26.9 Å². The fraction of sp³-hybridized carbons (Fsp3) is 0.158. The highest BCUT2D eigenvalue weighted by atomic mass is 32.2. The lowest BCUT2D eigenvalue weighted by atomic mass is 10.1. The van der Waals surface area contributed by atoms with Gasteiger partial charge in [0, 0.05) is 17.0 Å². The summed E-state index contributed by atoms with van der Waals surface area (Å²) in [5, 5.41) is 18.5. The number of hydrogen-bond donors (Lipinski definition) is 1. The maximum Gasteiger partial charge on any atom is 0.282 e. The molecule has 1 amide bonds. The molecule has 27 heavy (non-hydrogen) atoms. The molecule has 0 atom stereocenters. The van der Waals surface area contributed by atoms with Crippen LogP contribution in [0.4, 0.5) is 11.5 Å². The van der Waals surface area contributed by atoms with Gasteiger partial charge in [0.25, 0.3) is 11.6 Å². The van der Waals surface area contributed by atoms with Crippen molar-refractivity contribution < 1.29 is 9.72 Å². The van der Waals surface area contributed by atoms with Gasteiger partial charge in [-0.2, -0.15) is 5.10 Å². The first kappa shape index (κ1) is 18.7. The predicted octanol–water partition coefficient (Wildman–Crippen LogP) is 4.12. The summed E-state index contributed by atoms with van der Waals surface area (Å²) in [5.74, 6) is -0.0444. The molecule has 1 aromatic heterocycles. The number of thioether (sulfide) groups is 1. The lowest BCUT2D eigenvalue weighted by molar-refractivity contribution is -0.385. The van der Waals surface area contributed by atoms with Crippen LogP contribution < -0.4 is 5.32 Å². The van der Waals surface area contributed by atoms with Crippen LogP contribution in [0, 0.1) is 17.0 Å². The molecular formula is C19H18N4O3S. The van der Waals surface area contributed by atoms with Crippen molar-refractivity contribution in [2.45, 2.75) is 18.4 Å². The molecule has 7 nitrogen and oxygen atoms in total. The first-order chi connectivity index (χ1) is 13.0. The van der Waals surface area contributed by atoms with Gasteiger partial charge in [-0.05, 0) is 30.9 Å². The number of nitro benzene ring substituents is 1. The third kappa shape index (κ3) is 4.35. The van der Waals surface area contributed by atoms with E-state index in [1.54, 1.807) is 16.8 Å². The summed E-state index contributed by atoms with van der Waals surface area (Å²) in [6, 6.07) is 16.0. The number of carbonyl (C=O) groups is 1. The minimum atomic E-state index is -0.550. The molecule has 0 fully saturated rings. The molecule has 0 saturated heterocycles. The second-order valence-electron chi connectivity index (χ2n) is 5.91. The molecule has 1 N–H and O–H groups in total. The normalized spacial score (nSPS) is 10.6. The van der Waals surface area contributed by atoms with E-state index in [9.17, 15) is 14.9 Å². The molecule has 0 aliphatic carbocycles. The molecule has 3 rings (SSSR count). The molecular weight excluding hydrogens is 364 g/mol. The predicted molar refractivity (Wildman–Crippen MR) is 105 cm³/mol. The van der Waals surface area contributed by atoms with Crippen molar-refractivity contribution in [3.8, 4) is 0 Å². The van der Waals surface area contributed by atoms with E-state index in [1.807, 2.05) is 43.5 Å². The van der Waals surface area contributed by atoms with Gasteiger partial charge in [0.15, 0.2) is 0 Å². The van der Waals surface area contributed by atoms with Crippen molar-refractivity contribution in [3.05, 3.63) is 81.5 Å². The Balaban J connectivity index is 1.90. The number of benzene rings is 2. The van der Waals surface area contributed by atoms with Gasteiger partial charge in [-0.25, -0.2) is 4.68 Å². The Kier molecular flexibility index (Phi) is 5.56. The Morgan fingerprint density at radius 3 is 2.63 bits per heavy atom. The summed E-state index contributed by atoms with van der Waals surface area (Å²) in [5.41, 5.74) is 1.58. The molecule has 138 valence electrons. The van der Waals surface area contributed by atoms with Gasteiger partial charge >= 0.3 is 0 Å². The summed E-state index contributed by atoms with van der Waals surface area (Å²) in [6.45, 7) is 2.31. The number of aryl methyl sites for hydroxylation is 1. The molecule has 0 saturated carbocycles. The van der Waals surface area contributed by atoms with Gasteiger partial charge in [-0.3, -0.25) is 14.9 Å². The third-order valence-electron chi connectivity index (χ3n) is 3.96. The highest BCUT2D eigenvalue weighted by Crippen LogP contribution is 2.26. The van der Waals surface area contributed by atoms with Crippen LogP contribution in [0.25, 0.3) is 0 Å². The minimum absolute atomic E-state index is 0.0250. The number of aromatic nitrogens is 2. The summed E-state index contributed by atoms with van der Waals surface area (Å²) >= 11 is 1.42. The van der Waals surface area contributed by atoms with Gasteiger partial charge in [0.1, 0.15) is 11.4 Å². The fourth-order valence-electron chi connectivity index (χ4n) is 2.69. The zero-order valence-corrected chi connectivity index (χ0v) is 15.7. The van der Waals surface area contributed by atoms with Crippen LogP contribution in [0.3, 0.4) is 0 Å². The van der Waals surface area contributed by atoms with E-state index in [2.05, 4.69) is 10.4 Å². The Morgan fingerprint density at radius 1 is 1.22 bits per heavy atom. The summed E-state index contributed by atoms with van der Waals surface area (Å²) in [4.78, 5) is 24.3. The van der Waals surface area contributed by atoms with Crippen molar-refractivity contribution in [1.82, 2.24) is 9.78 Å². The van der Waals surface area contributed by atoms with Crippen LogP contribution in [0.15, 0.2) is 59.5 Å². The highest BCUT2D eigenvalue weighted by Gasteiger charge is 2.22. The van der Waals surface area contributed by atoms with Gasteiger partial charge in [-0.1, -0.05) is 30.3 Å². The number of amides is 1. The van der Waals surface area contributed by atoms with Crippen molar-refractivity contribution >= 4 is 29.2 Å². The van der Waals surface area contributed by atoms with Gasteiger partial charge in [0.05, 0.1) is 17.2 Å². The second kappa shape index (κ2) is 8.05. The zero-order valence-electron chi connectivity index (χ0n) is 14.9. The van der Waals surface area contributed by atoms with Crippen LogP contribution in [0.5, 0.6) is 0 Å². The smallest absolute Gasteiger partial charge is 0.282 e. The Morgan fingerprint density at radius 2 is 1.96 bits per heavy atom. The Hall–Kier alpha value is -3.13. The first-order valence-electron chi connectivity index (χ1n) is 8.20. The van der Waals surface area contributed by atoms with Crippen molar-refractivity contribution in [1.29, 1.82) is 0 Å². The van der Waals surface area contributed by atoms with Crippen LogP contribution in [-0.2, 0) is 6.54 Å². The monoisotopic (exact) mass is 382 g/mol. The number of carbonyl (C=O) groups excluding carboxylic acids is 1. The SMILES string of the molecule is CSc1ccc([N+](=O)[O-])c(C(=O)Nc2cc(C)nn2Cc2ccccc2)c1. The van der Waals surface area contributed by atoms with E-state index in [1.165, 1.54) is 23.9 Å². The van der Waals surface area contributed by atoms with Crippen molar-refractivity contribution in [2.75, 3.05) is 11.6 Å². The lowest BCUT2D eigenvalue weighted by Gasteiger charge is -2.10. The average Bonchev–Trinajstić information content (AvgIpc) is 3.00. The molecule has 0 bridgehead atoms. The zero-order chi connectivity index (χ0) is 19.4. The number of anilines is 1. The van der Waals surface area contributed by atoms with Crippen LogP contribution >= 0.6 is 11.8 Å². The van der Waals surface area contributed by atoms with Crippen molar-refractivity contribution in [2.24, 2.45) is 0 Å². The fourth-order valence-corrected chi connectivity index (χ4v) is 3.13. The first-order valence-corrected chi connectivity index (χ1v) is 9.42. The molecule has 1 heterocycles. The molecule has 0 radical (unpaired) electrons. The summed E-state index contributed by atoms with van der Waals surface area (Å²) in [7, 11) is 0. The van der Waals surface area contributed by atoms with E-state index < -0.39 is 10.8 Å². The molecule has 0 unspecified atom stereocenters. The molecule has 3 aromatic rings. The molecule has 0 spiro atoms. The number of hydrogen-bond acceptors (Lipinski definition) is 5. The number of nitrogens with one attached hydrogen (secondary N) is 1. The van der Waals surface area contributed by atoms with Gasteiger partial charge < -0.3 is 5.32 Å². The minimum Gasteiger partial charge on any atom is -0.307 e. The van der Waals surface area contributed by atoms with E-state index in [0.717, 1.165) is 16.2 Å². The van der Waals surface area contributed by atoms with Crippen LogP contribution in [0.2, 0.25) is 0 Å². The Labute approximate surface area is 160 Å². The summed E-state index contributed by atoms with van der Waals surface area (Å²) in [6.07, 6.45) is 1.85. The molecule has 0 aliphatic rings.